The Morgan fingerprint density at radius 3 is 2.43 bits per heavy atom. The van der Waals surface area contributed by atoms with Crippen molar-refractivity contribution in [1.82, 2.24) is 15.5 Å². The van der Waals surface area contributed by atoms with Gasteiger partial charge in [0.15, 0.2) is 0 Å². The Labute approximate surface area is 83.6 Å². The van der Waals surface area contributed by atoms with Gasteiger partial charge in [0.25, 0.3) is 0 Å². The molecule has 0 rings (SSSR count). The maximum absolute atomic E-state index is 11.0. The lowest BCUT2D eigenvalue weighted by atomic mass is 10.5. The highest BCUT2D eigenvalue weighted by atomic mass is 16.5. The molecule has 0 spiro atoms. The average molecular weight is 203 g/mol. The Morgan fingerprint density at radius 1 is 1.29 bits per heavy atom. The third-order valence-corrected chi connectivity index (χ3v) is 1.43. The highest BCUT2D eigenvalue weighted by Crippen LogP contribution is 1.75. The zero-order valence-corrected chi connectivity index (χ0v) is 8.79. The van der Waals surface area contributed by atoms with E-state index in [9.17, 15) is 9.59 Å². The number of nitrogens with zero attached hydrogens (tertiary/aromatic N) is 1. The number of nitrogens with one attached hydrogen (secondary N) is 2. The Kier molecular flexibility index (Phi) is 6.47. The highest BCUT2D eigenvalue weighted by Gasteiger charge is 2.05. The van der Waals surface area contributed by atoms with Crippen molar-refractivity contribution in [3.8, 4) is 0 Å². The SMILES string of the molecule is COCCNC(=O)CNC(=O)N(C)C. The maximum atomic E-state index is 11.0. The summed E-state index contributed by atoms with van der Waals surface area (Å²) in [5, 5.41) is 5.02. The van der Waals surface area contributed by atoms with Crippen LogP contribution in [0.2, 0.25) is 0 Å². The van der Waals surface area contributed by atoms with E-state index >= 15 is 0 Å². The van der Waals surface area contributed by atoms with Crippen LogP contribution in [0, 0.1) is 0 Å². The number of ether oxygens (including phenoxy) is 1. The van der Waals surface area contributed by atoms with Gasteiger partial charge in [0.2, 0.25) is 5.91 Å². The normalized spacial score (nSPS) is 9.36. The predicted octanol–water partition coefficient (Wildman–Crippen LogP) is -0.980. The number of urea groups is 1. The summed E-state index contributed by atoms with van der Waals surface area (Å²) in [6, 6.07) is -0.285. The third kappa shape index (κ3) is 6.24. The first-order chi connectivity index (χ1) is 6.57. The van der Waals surface area contributed by atoms with Crippen molar-refractivity contribution in [3.05, 3.63) is 0 Å². The van der Waals surface area contributed by atoms with E-state index in [1.165, 1.54) is 4.90 Å². The fourth-order valence-corrected chi connectivity index (χ4v) is 0.669. The number of carbonyl (C=O) groups excluding carboxylic acids is 2. The minimum Gasteiger partial charge on any atom is -0.383 e. The summed E-state index contributed by atoms with van der Waals surface area (Å²) in [5.41, 5.74) is 0. The second-order valence-corrected chi connectivity index (χ2v) is 2.90. The molecule has 0 saturated carbocycles. The molecule has 0 unspecified atom stereocenters. The molecule has 0 heterocycles. The highest BCUT2D eigenvalue weighted by molar-refractivity contribution is 5.83. The van der Waals surface area contributed by atoms with Gasteiger partial charge >= 0.3 is 6.03 Å². The molecule has 6 heteroatoms. The van der Waals surface area contributed by atoms with Crippen molar-refractivity contribution in [2.45, 2.75) is 0 Å². The number of methoxy groups -OCH3 is 1. The number of rotatable bonds is 5. The van der Waals surface area contributed by atoms with Crippen molar-refractivity contribution >= 4 is 11.9 Å². The van der Waals surface area contributed by atoms with Gasteiger partial charge in [-0.05, 0) is 0 Å². The van der Waals surface area contributed by atoms with Crippen LogP contribution in [-0.4, -0.2) is 57.7 Å². The molecule has 0 fully saturated rings. The molecule has 0 atom stereocenters. The van der Waals surface area contributed by atoms with Gasteiger partial charge in [0, 0.05) is 27.7 Å². The fraction of sp³-hybridized carbons (Fsp3) is 0.750. The smallest absolute Gasteiger partial charge is 0.317 e. The van der Waals surface area contributed by atoms with Crippen LogP contribution in [0.25, 0.3) is 0 Å². The lowest BCUT2D eigenvalue weighted by Gasteiger charge is -2.11. The molecule has 14 heavy (non-hydrogen) atoms. The van der Waals surface area contributed by atoms with E-state index in [4.69, 9.17) is 4.74 Å². The van der Waals surface area contributed by atoms with Crippen LogP contribution in [0.1, 0.15) is 0 Å². The van der Waals surface area contributed by atoms with E-state index in [2.05, 4.69) is 10.6 Å². The van der Waals surface area contributed by atoms with Gasteiger partial charge in [-0.1, -0.05) is 0 Å². The van der Waals surface area contributed by atoms with Crippen LogP contribution >= 0.6 is 0 Å². The third-order valence-electron chi connectivity index (χ3n) is 1.43. The van der Waals surface area contributed by atoms with Gasteiger partial charge in [-0.2, -0.15) is 0 Å². The Balaban J connectivity index is 3.49. The van der Waals surface area contributed by atoms with Gasteiger partial charge in [-0.3, -0.25) is 4.79 Å². The summed E-state index contributed by atoms with van der Waals surface area (Å²) < 4.78 is 4.75. The fourth-order valence-electron chi connectivity index (χ4n) is 0.669. The Hall–Kier alpha value is -1.30. The monoisotopic (exact) mass is 203 g/mol. The summed E-state index contributed by atoms with van der Waals surface area (Å²) in [6.07, 6.45) is 0. The number of carbonyl (C=O) groups is 2. The lowest BCUT2D eigenvalue weighted by molar-refractivity contribution is -0.120. The van der Waals surface area contributed by atoms with Gasteiger partial charge in [0.05, 0.1) is 13.2 Å². The Morgan fingerprint density at radius 2 is 1.93 bits per heavy atom. The van der Waals surface area contributed by atoms with Gasteiger partial charge in [0.1, 0.15) is 0 Å². The van der Waals surface area contributed by atoms with Crippen LogP contribution in [0.15, 0.2) is 0 Å². The minimum absolute atomic E-state index is 0.0132. The van der Waals surface area contributed by atoms with Crippen LogP contribution in [0.4, 0.5) is 4.79 Å². The van der Waals surface area contributed by atoms with E-state index in [0.29, 0.717) is 13.2 Å². The van der Waals surface area contributed by atoms with E-state index in [1.54, 1.807) is 21.2 Å². The molecule has 6 nitrogen and oxygen atoms in total. The Bertz CT molecular complexity index is 194. The summed E-state index contributed by atoms with van der Waals surface area (Å²) in [6.45, 7) is 0.904. The lowest BCUT2D eigenvalue weighted by Crippen LogP contribution is -2.42. The average Bonchev–Trinajstić information content (AvgIpc) is 2.14. The van der Waals surface area contributed by atoms with Crippen molar-refractivity contribution in [2.75, 3.05) is 40.9 Å². The number of hydrogen-bond acceptors (Lipinski definition) is 3. The molecular weight excluding hydrogens is 186 g/mol. The maximum Gasteiger partial charge on any atom is 0.317 e. The minimum atomic E-state index is -0.285. The van der Waals surface area contributed by atoms with E-state index < -0.39 is 0 Å². The molecule has 2 N–H and O–H groups in total. The van der Waals surface area contributed by atoms with E-state index in [-0.39, 0.29) is 18.5 Å². The summed E-state index contributed by atoms with van der Waals surface area (Å²) in [4.78, 5) is 23.4. The molecular formula is C8H17N3O3. The molecule has 0 aromatic rings. The summed E-state index contributed by atoms with van der Waals surface area (Å²) in [7, 11) is 4.77. The second-order valence-electron chi connectivity index (χ2n) is 2.90. The van der Waals surface area contributed by atoms with E-state index in [1.807, 2.05) is 0 Å². The molecule has 3 amide bonds. The zero-order chi connectivity index (χ0) is 11.0. The molecule has 0 aliphatic rings. The molecule has 0 aliphatic carbocycles. The number of amides is 3. The summed E-state index contributed by atoms with van der Waals surface area (Å²) >= 11 is 0. The largest absolute Gasteiger partial charge is 0.383 e. The first-order valence-electron chi connectivity index (χ1n) is 4.28. The van der Waals surface area contributed by atoms with Gasteiger partial charge in [-0.25, -0.2) is 4.79 Å². The van der Waals surface area contributed by atoms with Gasteiger partial charge < -0.3 is 20.3 Å². The quantitative estimate of drug-likeness (QED) is 0.564. The van der Waals surface area contributed by atoms with Crippen LogP contribution in [0.5, 0.6) is 0 Å². The van der Waals surface area contributed by atoms with E-state index in [0.717, 1.165) is 0 Å². The van der Waals surface area contributed by atoms with Crippen molar-refractivity contribution < 1.29 is 14.3 Å². The zero-order valence-electron chi connectivity index (χ0n) is 8.79. The first-order valence-corrected chi connectivity index (χ1v) is 4.28. The molecule has 0 aromatic heterocycles. The predicted molar refractivity (Wildman–Crippen MR) is 52.0 cm³/mol. The molecule has 0 bridgehead atoms. The molecule has 0 aromatic carbocycles. The van der Waals surface area contributed by atoms with Crippen LogP contribution < -0.4 is 10.6 Å². The van der Waals surface area contributed by atoms with Crippen LogP contribution in [0.3, 0.4) is 0 Å². The topological polar surface area (TPSA) is 70.7 Å². The number of hydrogen-bond donors (Lipinski definition) is 2. The van der Waals surface area contributed by atoms with Gasteiger partial charge in [-0.15, -0.1) is 0 Å². The van der Waals surface area contributed by atoms with Crippen molar-refractivity contribution in [1.29, 1.82) is 0 Å². The summed E-state index contributed by atoms with van der Waals surface area (Å²) in [5.74, 6) is -0.225. The standard InChI is InChI=1S/C8H17N3O3/c1-11(2)8(13)10-6-7(12)9-4-5-14-3/h4-6H2,1-3H3,(H,9,12)(H,10,13). The second kappa shape index (κ2) is 7.14. The first kappa shape index (κ1) is 12.7. The van der Waals surface area contributed by atoms with Crippen molar-refractivity contribution in [2.24, 2.45) is 0 Å². The molecule has 0 aliphatic heterocycles. The van der Waals surface area contributed by atoms with Crippen LogP contribution in [-0.2, 0) is 9.53 Å². The molecule has 82 valence electrons. The van der Waals surface area contributed by atoms with Crippen molar-refractivity contribution in [3.63, 3.8) is 0 Å². The molecule has 0 saturated heterocycles. The molecule has 0 radical (unpaired) electrons.